The Kier molecular flexibility index (Phi) is 11.0. The molecule has 1 aliphatic heterocycles. The van der Waals surface area contributed by atoms with Crippen molar-refractivity contribution in [3.63, 3.8) is 0 Å². The van der Waals surface area contributed by atoms with Gasteiger partial charge in [0.15, 0.2) is 5.11 Å². The van der Waals surface area contributed by atoms with Crippen molar-refractivity contribution in [2.45, 2.75) is 31.3 Å². The van der Waals surface area contributed by atoms with Gasteiger partial charge in [-0.05, 0) is 79.0 Å². The molecule has 9 nitrogen and oxygen atoms in total. The molecule has 5 rings (SSSR count). The Morgan fingerprint density at radius 1 is 1.04 bits per heavy atom. The van der Waals surface area contributed by atoms with Crippen LogP contribution in [0.2, 0.25) is 0 Å². The molecule has 0 spiro atoms. The molecule has 0 radical (unpaired) electrons. The number of piperazine rings is 1. The molecule has 0 saturated carbocycles. The number of anilines is 3. The Labute approximate surface area is 274 Å². The summed E-state index contributed by atoms with van der Waals surface area (Å²) >= 11 is 7.16. The highest BCUT2D eigenvalue weighted by Gasteiger charge is 2.22. The topological polar surface area (TPSA) is 92.5 Å². The summed E-state index contributed by atoms with van der Waals surface area (Å²) < 4.78 is 2.03. The first-order valence-electron chi connectivity index (χ1n) is 15.1. The lowest BCUT2D eigenvalue weighted by atomic mass is 10.1. The number of carbonyl (C=O) groups is 1. The third kappa shape index (κ3) is 8.15. The van der Waals surface area contributed by atoms with Crippen molar-refractivity contribution in [2.24, 2.45) is 0 Å². The second kappa shape index (κ2) is 15.5. The highest BCUT2D eigenvalue weighted by molar-refractivity contribution is 7.98. The van der Waals surface area contributed by atoms with Gasteiger partial charge >= 0.3 is 6.03 Å². The normalized spacial score (nSPS) is 12.8. The second-order valence-electron chi connectivity index (χ2n) is 10.8. The molecule has 0 bridgehead atoms. The minimum absolute atomic E-state index is 0.225. The van der Waals surface area contributed by atoms with E-state index >= 15 is 0 Å². The van der Waals surface area contributed by atoms with E-state index in [0.29, 0.717) is 18.7 Å². The maximum atomic E-state index is 13.9. The number of hydrogen-bond donors (Lipinski definition) is 2. The van der Waals surface area contributed by atoms with E-state index in [1.807, 2.05) is 71.5 Å². The molecule has 4 aromatic rings. The van der Waals surface area contributed by atoms with Crippen molar-refractivity contribution >= 4 is 52.2 Å². The summed E-state index contributed by atoms with van der Waals surface area (Å²) in [5.41, 5.74) is 5.23. The number of rotatable bonds is 10. The predicted molar refractivity (Wildman–Crippen MR) is 187 cm³/mol. The van der Waals surface area contributed by atoms with Crippen LogP contribution in [0.25, 0.3) is 0 Å². The van der Waals surface area contributed by atoms with Gasteiger partial charge in [0.05, 0.1) is 35.9 Å². The lowest BCUT2D eigenvalue weighted by Gasteiger charge is -2.37. The number of amides is 2. The van der Waals surface area contributed by atoms with Gasteiger partial charge in [-0.1, -0.05) is 31.2 Å². The number of urea groups is 1. The molecule has 0 unspecified atom stereocenters. The molecule has 2 N–H and O–H groups in total. The molecule has 1 saturated heterocycles. The molecular weight excluding hydrogens is 601 g/mol. The van der Waals surface area contributed by atoms with Crippen LogP contribution in [0.5, 0.6) is 0 Å². The molecule has 11 heteroatoms. The summed E-state index contributed by atoms with van der Waals surface area (Å²) in [6.07, 6.45) is 6.62. The second-order valence-corrected chi connectivity index (χ2v) is 12.0. The van der Waals surface area contributed by atoms with Gasteiger partial charge in [0.1, 0.15) is 0 Å². The number of hydrogen-bond acceptors (Lipinski definition) is 6. The summed E-state index contributed by atoms with van der Waals surface area (Å²) in [4.78, 5) is 25.7. The van der Waals surface area contributed by atoms with Crippen molar-refractivity contribution in [2.75, 3.05) is 54.1 Å². The first-order chi connectivity index (χ1) is 22.0. The molecule has 0 atom stereocenters. The highest BCUT2D eigenvalue weighted by Crippen LogP contribution is 2.28. The zero-order valence-electron chi connectivity index (χ0n) is 25.6. The highest BCUT2D eigenvalue weighted by atomic mass is 32.2. The van der Waals surface area contributed by atoms with E-state index in [4.69, 9.17) is 17.5 Å². The number of aromatic nitrogens is 2. The van der Waals surface area contributed by atoms with Crippen LogP contribution in [0.1, 0.15) is 30.2 Å². The van der Waals surface area contributed by atoms with Crippen molar-refractivity contribution < 1.29 is 4.79 Å². The first kappa shape index (κ1) is 31.9. The average Bonchev–Trinajstić information content (AvgIpc) is 3.53. The van der Waals surface area contributed by atoms with Gasteiger partial charge in [-0.15, -0.1) is 11.8 Å². The van der Waals surface area contributed by atoms with Crippen LogP contribution in [0, 0.1) is 11.3 Å². The Morgan fingerprint density at radius 3 is 2.47 bits per heavy atom. The third-order valence-corrected chi connectivity index (χ3v) is 8.97. The fourth-order valence-corrected chi connectivity index (χ4v) is 6.07. The van der Waals surface area contributed by atoms with Crippen molar-refractivity contribution in [3.05, 3.63) is 102 Å². The van der Waals surface area contributed by atoms with Gasteiger partial charge in [-0.3, -0.25) is 4.90 Å². The molecule has 1 fully saturated rings. The summed E-state index contributed by atoms with van der Waals surface area (Å²) in [7, 11) is 0. The van der Waals surface area contributed by atoms with Gasteiger partial charge in [-0.2, -0.15) is 5.26 Å². The first-order valence-corrected chi connectivity index (χ1v) is 16.7. The lowest BCUT2D eigenvalue weighted by molar-refractivity contribution is 0.256. The lowest BCUT2D eigenvalue weighted by Crippen LogP contribution is -2.51. The Balaban J connectivity index is 1.34. The Morgan fingerprint density at radius 2 is 1.78 bits per heavy atom. The van der Waals surface area contributed by atoms with Crippen LogP contribution < -0.4 is 20.4 Å². The average molecular weight is 639 g/mol. The Hall–Kier alpha value is -4.53. The van der Waals surface area contributed by atoms with Crippen LogP contribution >= 0.6 is 24.0 Å². The number of benzene rings is 3. The SMILES string of the molecule is CCCNC(=S)N1CCN(c2ccc(N(Cc3cncn3Cc3ccc(C#N)cc3)C(=O)Nc3ccccc3SC)cc2)CC1. The van der Waals surface area contributed by atoms with Gasteiger partial charge in [0.2, 0.25) is 0 Å². The Bertz CT molecular complexity index is 1620. The van der Waals surface area contributed by atoms with E-state index in [1.54, 1.807) is 29.2 Å². The monoisotopic (exact) mass is 638 g/mol. The summed E-state index contributed by atoms with van der Waals surface area (Å²) in [6.45, 7) is 7.40. The standard InChI is InChI=1S/C34H38N8OS2/c1-3-16-37-34(44)40-19-17-39(18-20-40)28-12-14-29(15-13-28)42(33(43)38-31-6-4-5-7-32(31)45-2)24-30-22-36-25-41(30)23-27-10-8-26(21-35)9-11-27/h4-15,22,25H,3,16-20,23-24H2,1-2H3,(H,37,44)(H,38,43). The third-order valence-electron chi connectivity index (χ3n) is 7.77. The molecule has 3 aromatic carbocycles. The van der Waals surface area contributed by atoms with Crippen LogP contribution in [0.4, 0.5) is 21.9 Å². The largest absolute Gasteiger partial charge is 0.368 e. The molecule has 0 aliphatic carbocycles. The number of nitrogens with one attached hydrogen (secondary N) is 2. The van der Waals surface area contributed by atoms with E-state index < -0.39 is 0 Å². The summed E-state index contributed by atoms with van der Waals surface area (Å²) in [5, 5.41) is 16.4. The van der Waals surface area contributed by atoms with E-state index in [9.17, 15) is 4.79 Å². The van der Waals surface area contributed by atoms with Crippen LogP contribution in [-0.2, 0) is 13.1 Å². The summed E-state index contributed by atoms with van der Waals surface area (Å²) in [5.74, 6) is 0. The van der Waals surface area contributed by atoms with Gasteiger partial charge < -0.3 is 25.0 Å². The smallest absolute Gasteiger partial charge is 0.326 e. The number of imidazole rings is 1. The van der Waals surface area contributed by atoms with E-state index in [0.717, 1.165) is 77.5 Å². The van der Waals surface area contributed by atoms with Crippen LogP contribution in [0.15, 0.2) is 90.2 Å². The fraction of sp³-hybridized carbons (Fsp3) is 0.294. The van der Waals surface area contributed by atoms with E-state index in [2.05, 4.69) is 50.5 Å². The minimum Gasteiger partial charge on any atom is -0.368 e. The van der Waals surface area contributed by atoms with E-state index in [1.165, 1.54) is 0 Å². The van der Waals surface area contributed by atoms with Crippen molar-refractivity contribution in [3.8, 4) is 6.07 Å². The number of para-hydroxylation sites is 1. The maximum absolute atomic E-state index is 13.9. The summed E-state index contributed by atoms with van der Waals surface area (Å²) in [6, 6.07) is 25.5. The number of thiocarbonyl (C=S) groups is 1. The molecule has 1 aromatic heterocycles. The van der Waals surface area contributed by atoms with Gasteiger partial charge in [0.25, 0.3) is 0 Å². The van der Waals surface area contributed by atoms with Crippen LogP contribution in [0.3, 0.4) is 0 Å². The zero-order valence-corrected chi connectivity index (χ0v) is 27.3. The zero-order chi connectivity index (χ0) is 31.6. The quantitative estimate of drug-likeness (QED) is 0.157. The van der Waals surface area contributed by atoms with Gasteiger partial charge in [-0.25, -0.2) is 9.78 Å². The number of nitrogens with zero attached hydrogens (tertiary/aromatic N) is 6. The number of carbonyl (C=O) groups excluding carboxylic acids is 1. The number of nitriles is 1. The van der Waals surface area contributed by atoms with Crippen LogP contribution in [-0.4, -0.2) is 64.6 Å². The molecule has 2 heterocycles. The fourth-order valence-electron chi connectivity index (χ4n) is 5.23. The van der Waals surface area contributed by atoms with Crippen molar-refractivity contribution in [1.82, 2.24) is 19.8 Å². The molecular formula is C34H38N8OS2. The van der Waals surface area contributed by atoms with E-state index in [-0.39, 0.29) is 6.03 Å². The number of thioether (sulfide) groups is 1. The molecule has 2 amide bonds. The molecule has 45 heavy (non-hydrogen) atoms. The van der Waals surface area contributed by atoms with Crippen molar-refractivity contribution in [1.29, 1.82) is 5.26 Å². The van der Waals surface area contributed by atoms with Gasteiger partial charge in [0, 0.05) is 61.7 Å². The maximum Gasteiger partial charge on any atom is 0.326 e. The molecule has 232 valence electrons. The minimum atomic E-state index is -0.225. The molecule has 1 aliphatic rings. The predicted octanol–water partition coefficient (Wildman–Crippen LogP) is 6.17.